The topological polar surface area (TPSA) is 59.8 Å². The molecule has 1 amide bonds. The Hall–Kier alpha value is -1.41. The van der Waals surface area contributed by atoms with Crippen LogP contribution in [0, 0.1) is 5.82 Å². The highest BCUT2D eigenvalue weighted by Crippen LogP contribution is 2.24. The molecule has 1 N–H and O–H groups in total. The van der Waals surface area contributed by atoms with Crippen molar-refractivity contribution < 1.29 is 9.18 Å². The minimum absolute atomic E-state index is 0.160. The molecule has 0 unspecified atom stereocenters. The lowest BCUT2D eigenvalue weighted by Crippen LogP contribution is -2.23. The summed E-state index contributed by atoms with van der Waals surface area (Å²) < 4.78 is 16.2. The van der Waals surface area contributed by atoms with E-state index in [9.17, 15) is 9.18 Å². The van der Waals surface area contributed by atoms with Crippen LogP contribution in [0.2, 0.25) is 0 Å². The molecular formula is C13H14BrFN4OS. The highest BCUT2D eigenvalue weighted by atomic mass is 79.9. The van der Waals surface area contributed by atoms with Gasteiger partial charge in [0.05, 0.1) is 10.9 Å². The van der Waals surface area contributed by atoms with Gasteiger partial charge in [-0.15, -0.1) is 10.2 Å². The van der Waals surface area contributed by atoms with Crippen LogP contribution in [0.3, 0.4) is 0 Å². The molecule has 0 bridgehead atoms. The van der Waals surface area contributed by atoms with Crippen LogP contribution in [-0.2, 0) is 11.3 Å². The van der Waals surface area contributed by atoms with E-state index in [4.69, 9.17) is 0 Å². The fraction of sp³-hybridized carbons (Fsp3) is 0.308. The summed E-state index contributed by atoms with van der Waals surface area (Å²) in [5.41, 5.74) is 0.160. The first-order chi connectivity index (χ1) is 10.0. The van der Waals surface area contributed by atoms with Crippen LogP contribution in [0.25, 0.3) is 0 Å². The summed E-state index contributed by atoms with van der Waals surface area (Å²) in [6.45, 7) is 4.44. The van der Waals surface area contributed by atoms with Crippen molar-refractivity contribution in [3.63, 3.8) is 0 Å². The Balaban J connectivity index is 2.02. The van der Waals surface area contributed by atoms with Crippen LogP contribution < -0.4 is 5.32 Å². The van der Waals surface area contributed by atoms with Crippen molar-refractivity contribution in [3.8, 4) is 0 Å². The lowest BCUT2D eigenvalue weighted by Gasteiger charge is -2.12. The van der Waals surface area contributed by atoms with Crippen molar-refractivity contribution in [1.29, 1.82) is 0 Å². The van der Waals surface area contributed by atoms with Crippen LogP contribution in [-0.4, -0.2) is 25.9 Å². The summed E-state index contributed by atoms with van der Waals surface area (Å²) >= 11 is 4.46. The molecule has 0 fully saturated rings. The van der Waals surface area contributed by atoms with Gasteiger partial charge >= 0.3 is 0 Å². The van der Waals surface area contributed by atoms with Gasteiger partial charge in [0.2, 0.25) is 5.91 Å². The predicted octanol–water partition coefficient (Wildman–Crippen LogP) is 3.32. The van der Waals surface area contributed by atoms with Gasteiger partial charge in [-0.1, -0.05) is 27.7 Å². The normalized spacial score (nSPS) is 12.2. The maximum atomic E-state index is 13.7. The van der Waals surface area contributed by atoms with Gasteiger partial charge in [0.25, 0.3) is 0 Å². The first-order valence-electron chi connectivity index (χ1n) is 6.31. The maximum Gasteiger partial charge on any atom is 0.237 e. The molecule has 2 aromatic rings. The molecule has 0 aliphatic rings. The SMILES string of the molecule is CCn1cnnc1S[C@@H](C)C(=O)Nc1ccc(Br)cc1F. The molecule has 21 heavy (non-hydrogen) atoms. The largest absolute Gasteiger partial charge is 0.323 e. The Labute approximate surface area is 134 Å². The number of amides is 1. The zero-order valence-corrected chi connectivity index (χ0v) is 13.9. The number of aryl methyl sites for hydroxylation is 1. The third kappa shape index (κ3) is 4.04. The monoisotopic (exact) mass is 372 g/mol. The number of nitrogens with zero attached hydrogens (tertiary/aromatic N) is 3. The van der Waals surface area contributed by atoms with Crippen LogP contribution in [0.4, 0.5) is 10.1 Å². The van der Waals surface area contributed by atoms with Gasteiger partial charge in [-0.3, -0.25) is 4.79 Å². The molecular weight excluding hydrogens is 359 g/mol. The Bertz CT molecular complexity index is 649. The summed E-state index contributed by atoms with van der Waals surface area (Å²) in [5, 5.41) is 10.6. The molecule has 0 saturated heterocycles. The quantitative estimate of drug-likeness (QED) is 0.817. The fourth-order valence-corrected chi connectivity index (χ4v) is 2.81. The number of rotatable bonds is 5. The van der Waals surface area contributed by atoms with Crippen molar-refractivity contribution >= 4 is 39.3 Å². The molecule has 0 radical (unpaired) electrons. The lowest BCUT2D eigenvalue weighted by molar-refractivity contribution is -0.115. The molecule has 1 atom stereocenters. The van der Waals surface area contributed by atoms with E-state index in [2.05, 4.69) is 31.4 Å². The van der Waals surface area contributed by atoms with Crippen LogP contribution in [0.1, 0.15) is 13.8 Å². The van der Waals surface area contributed by atoms with E-state index in [0.29, 0.717) is 9.63 Å². The second-order valence-corrected chi connectivity index (χ2v) is 6.50. The number of nitrogens with one attached hydrogen (secondary N) is 1. The van der Waals surface area contributed by atoms with Crippen LogP contribution in [0.15, 0.2) is 34.2 Å². The molecule has 2 rings (SSSR count). The first kappa shape index (κ1) is 16.0. The summed E-state index contributed by atoms with van der Waals surface area (Å²) in [6, 6.07) is 4.49. The fourth-order valence-electron chi connectivity index (χ4n) is 1.59. The molecule has 5 nitrogen and oxygen atoms in total. The highest BCUT2D eigenvalue weighted by Gasteiger charge is 2.18. The van der Waals surface area contributed by atoms with Gasteiger partial charge in [0, 0.05) is 11.0 Å². The van der Waals surface area contributed by atoms with Crippen molar-refractivity contribution in [2.45, 2.75) is 30.8 Å². The van der Waals surface area contributed by atoms with E-state index in [0.717, 1.165) is 6.54 Å². The van der Waals surface area contributed by atoms with Gasteiger partial charge < -0.3 is 9.88 Å². The van der Waals surface area contributed by atoms with E-state index in [1.165, 1.54) is 23.9 Å². The van der Waals surface area contributed by atoms with E-state index in [-0.39, 0.29) is 11.6 Å². The van der Waals surface area contributed by atoms with Gasteiger partial charge in [-0.25, -0.2) is 4.39 Å². The first-order valence-corrected chi connectivity index (χ1v) is 7.99. The minimum Gasteiger partial charge on any atom is -0.323 e. The number of carbonyl (C=O) groups is 1. The molecule has 1 aromatic heterocycles. The molecule has 112 valence electrons. The summed E-state index contributed by atoms with van der Waals surface area (Å²) in [6.07, 6.45) is 1.61. The summed E-state index contributed by atoms with van der Waals surface area (Å²) in [5.74, 6) is -0.765. The van der Waals surface area contributed by atoms with Gasteiger partial charge in [-0.2, -0.15) is 0 Å². The third-order valence-electron chi connectivity index (χ3n) is 2.76. The van der Waals surface area contributed by atoms with Gasteiger partial charge in [0.15, 0.2) is 5.16 Å². The van der Waals surface area contributed by atoms with Crippen molar-refractivity contribution in [2.75, 3.05) is 5.32 Å². The number of thioether (sulfide) groups is 1. The second-order valence-electron chi connectivity index (χ2n) is 4.27. The number of hydrogen-bond acceptors (Lipinski definition) is 4. The van der Waals surface area contributed by atoms with Gasteiger partial charge in [0.1, 0.15) is 12.1 Å². The van der Waals surface area contributed by atoms with Crippen molar-refractivity contribution in [1.82, 2.24) is 14.8 Å². The Morgan fingerprint density at radius 1 is 1.57 bits per heavy atom. The molecule has 0 saturated carbocycles. The zero-order chi connectivity index (χ0) is 15.4. The van der Waals surface area contributed by atoms with Crippen LogP contribution in [0.5, 0.6) is 0 Å². The summed E-state index contributed by atoms with van der Waals surface area (Å²) in [4.78, 5) is 12.1. The number of carbonyl (C=O) groups excluding carboxylic acids is 1. The number of aromatic nitrogens is 3. The smallest absolute Gasteiger partial charge is 0.237 e. The molecule has 1 heterocycles. The number of halogens is 2. The maximum absolute atomic E-state index is 13.7. The van der Waals surface area contributed by atoms with Gasteiger partial charge in [-0.05, 0) is 32.0 Å². The van der Waals surface area contributed by atoms with E-state index < -0.39 is 11.1 Å². The van der Waals surface area contributed by atoms with Crippen molar-refractivity contribution in [2.24, 2.45) is 0 Å². The standard InChI is InChI=1S/C13H14BrFN4OS/c1-3-19-7-16-18-13(19)21-8(2)12(20)17-11-5-4-9(14)6-10(11)15/h4-8H,3H2,1-2H3,(H,17,20)/t8-/m0/s1. The zero-order valence-electron chi connectivity index (χ0n) is 11.5. The lowest BCUT2D eigenvalue weighted by atomic mass is 10.3. The molecule has 1 aromatic carbocycles. The number of hydrogen-bond donors (Lipinski definition) is 1. The Morgan fingerprint density at radius 2 is 2.33 bits per heavy atom. The van der Waals surface area contributed by atoms with Crippen molar-refractivity contribution in [3.05, 3.63) is 34.8 Å². The van der Waals surface area contributed by atoms with E-state index in [1.807, 2.05) is 11.5 Å². The Morgan fingerprint density at radius 3 is 3.00 bits per heavy atom. The predicted molar refractivity (Wildman–Crippen MR) is 83.7 cm³/mol. The number of anilines is 1. The summed E-state index contributed by atoms with van der Waals surface area (Å²) in [7, 11) is 0. The minimum atomic E-state index is -0.480. The molecule has 8 heteroatoms. The average molecular weight is 373 g/mol. The number of benzene rings is 1. The average Bonchev–Trinajstić information content (AvgIpc) is 2.89. The van der Waals surface area contributed by atoms with E-state index >= 15 is 0 Å². The molecule has 0 aliphatic heterocycles. The molecule has 0 spiro atoms. The third-order valence-corrected chi connectivity index (χ3v) is 4.35. The highest BCUT2D eigenvalue weighted by molar-refractivity contribution is 9.10. The van der Waals surface area contributed by atoms with E-state index in [1.54, 1.807) is 19.3 Å². The Kier molecular flexibility index (Phi) is 5.35. The molecule has 0 aliphatic carbocycles. The second kappa shape index (κ2) is 7.04. The van der Waals surface area contributed by atoms with Crippen LogP contribution >= 0.6 is 27.7 Å².